The third-order valence-electron chi connectivity index (χ3n) is 3.82. The summed E-state index contributed by atoms with van der Waals surface area (Å²) in [5.41, 5.74) is 2.68. The van der Waals surface area contributed by atoms with Gasteiger partial charge in [-0.2, -0.15) is 0 Å². The first-order chi connectivity index (χ1) is 12.7. The fourth-order valence-electron chi connectivity index (χ4n) is 2.60. The van der Waals surface area contributed by atoms with E-state index in [1.807, 2.05) is 36.5 Å². The van der Waals surface area contributed by atoms with Crippen LogP contribution in [-0.2, 0) is 13.1 Å². The molecular weight excluding hydrogens is 338 g/mol. The van der Waals surface area contributed by atoms with E-state index in [0.29, 0.717) is 24.3 Å². The van der Waals surface area contributed by atoms with Crippen LogP contribution in [0.1, 0.15) is 11.3 Å². The van der Waals surface area contributed by atoms with Crippen molar-refractivity contribution in [3.8, 4) is 0 Å². The summed E-state index contributed by atoms with van der Waals surface area (Å²) in [4.78, 5) is 10.5. The Hall–Kier alpha value is -3.82. The molecule has 2 aromatic heterocycles. The van der Waals surface area contributed by atoms with Crippen LogP contribution < -0.4 is 5.32 Å². The summed E-state index contributed by atoms with van der Waals surface area (Å²) < 4.78 is 6.39. The van der Waals surface area contributed by atoms with Crippen LogP contribution in [0.5, 0.6) is 0 Å². The molecule has 0 amide bonds. The number of aromatic nitrogens is 5. The molecule has 10 heteroatoms. The zero-order valence-corrected chi connectivity index (χ0v) is 13.4. The molecule has 4 aromatic rings. The van der Waals surface area contributed by atoms with Gasteiger partial charge in [0.15, 0.2) is 5.52 Å². The van der Waals surface area contributed by atoms with Gasteiger partial charge in [-0.3, -0.25) is 10.1 Å². The van der Waals surface area contributed by atoms with Crippen molar-refractivity contribution in [2.75, 3.05) is 5.32 Å². The third-order valence-corrected chi connectivity index (χ3v) is 3.82. The average molecular weight is 351 g/mol. The number of fused-ring (bicyclic) bond motifs is 1. The summed E-state index contributed by atoms with van der Waals surface area (Å²) in [5.74, 6) is 0. The zero-order chi connectivity index (χ0) is 17.9. The second-order valence-electron chi connectivity index (χ2n) is 5.60. The second kappa shape index (κ2) is 6.59. The first-order valence-corrected chi connectivity index (χ1v) is 7.77. The predicted molar refractivity (Wildman–Crippen MR) is 91.4 cm³/mol. The number of anilines is 1. The van der Waals surface area contributed by atoms with Gasteiger partial charge in [-0.05, 0) is 21.9 Å². The molecule has 0 aliphatic carbocycles. The number of non-ortho nitro benzene ring substituents is 1. The smallest absolute Gasteiger partial charge is 0.300 e. The molecule has 0 radical (unpaired) electrons. The highest BCUT2D eigenvalue weighted by Crippen LogP contribution is 2.28. The number of nitro groups is 1. The van der Waals surface area contributed by atoms with Crippen molar-refractivity contribution in [2.45, 2.75) is 13.1 Å². The van der Waals surface area contributed by atoms with Gasteiger partial charge in [-0.1, -0.05) is 35.5 Å². The average Bonchev–Trinajstić information content (AvgIpc) is 3.30. The first-order valence-electron chi connectivity index (χ1n) is 7.77. The molecule has 0 unspecified atom stereocenters. The fraction of sp³-hybridized carbons (Fsp3) is 0.125. The van der Waals surface area contributed by atoms with E-state index in [2.05, 4.69) is 30.6 Å². The van der Waals surface area contributed by atoms with Crippen molar-refractivity contribution >= 4 is 22.4 Å². The first kappa shape index (κ1) is 15.7. The van der Waals surface area contributed by atoms with Crippen LogP contribution in [0.2, 0.25) is 0 Å². The Balaban J connectivity index is 1.48. The summed E-state index contributed by atoms with van der Waals surface area (Å²) in [7, 11) is 0. The minimum absolute atomic E-state index is 0.104. The fourth-order valence-corrected chi connectivity index (χ4v) is 2.60. The van der Waals surface area contributed by atoms with Gasteiger partial charge < -0.3 is 5.32 Å². The molecule has 2 heterocycles. The molecule has 26 heavy (non-hydrogen) atoms. The number of rotatable bonds is 6. The van der Waals surface area contributed by atoms with Crippen molar-refractivity contribution in [3.05, 3.63) is 70.0 Å². The van der Waals surface area contributed by atoms with Crippen LogP contribution in [0, 0.1) is 10.1 Å². The summed E-state index contributed by atoms with van der Waals surface area (Å²) in [5, 5.41) is 29.7. The Morgan fingerprint density at radius 3 is 2.73 bits per heavy atom. The van der Waals surface area contributed by atoms with Gasteiger partial charge in [0.05, 0.1) is 29.9 Å². The lowest BCUT2D eigenvalue weighted by Gasteiger charge is -2.04. The van der Waals surface area contributed by atoms with Gasteiger partial charge in [-0.25, -0.2) is 9.31 Å². The van der Waals surface area contributed by atoms with Crippen LogP contribution in [0.15, 0.2) is 53.3 Å². The van der Waals surface area contributed by atoms with E-state index in [1.165, 1.54) is 6.07 Å². The van der Waals surface area contributed by atoms with E-state index >= 15 is 0 Å². The molecule has 2 aromatic carbocycles. The zero-order valence-electron chi connectivity index (χ0n) is 13.4. The monoisotopic (exact) mass is 351 g/mol. The SMILES string of the molecule is O=[N+]([O-])c1ccc(NCc2cn(Cc3ccccc3)nn2)c2nonc12. The van der Waals surface area contributed by atoms with Crippen molar-refractivity contribution in [1.29, 1.82) is 0 Å². The molecule has 0 spiro atoms. The van der Waals surface area contributed by atoms with Crippen LogP contribution in [0.4, 0.5) is 11.4 Å². The number of hydrogen-bond donors (Lipinski definition) is 1. The standard InChI is InChI=1S/C16H13N7O3/c24-23(25)14-7-6-13(15-16(14)20-26-19-15)17-8-12-10-22(21-18-12)9-11-4-2-1-3-5-11/h1-7,10,17H,8-9H2. The van der Waals surface area contributed by atoms with Gasteiger partial charge >= 0.3 is 5.69 Å². The summed E-state index contributed by atoms with van der Waals surface area (Å²) in [6.07, 6.45) is 1.84. The molecule has 0 saturated carbocycles. The highest BCUT2D eigenvalue weighted by atomic mass is 16.6. The maximum absolute atomic E-state index is 11.0. The van der Waals surface area contributed by atoms with Crippen molar-refractivity contribution in [2.24, 2.45) is 0 Å². The molecule has 1 N–H and O–H groups in total. The topological polar surface area (TPSA) is 125 Å². The van der Waals surface area contributed by atoms with E-state index in [-0.39, 0.29) is 11.2 Å². The lowest BCUT2D eigenvalue weighted by atomic mass is 10.2. The van der Waals surface area contributed by atoms with Gasteiger partial charge in [0, 0.05) is 6.07 Å². The van der Waals surface area contributed by atoms with Gasteiger partial charge in [0.1, 0.15) is 5.69 Å². The van der Waals surface area contributed by atoms with Crippen LogP contribution in [-0.4, -0.2) is 30.2 Å². The molecule has 0 saturated heterocycles. The maximum atomic E-state index is 11.0. The van der Waals surface area contributed by atoms with Crippen LogP contribution in [0.3, 0.4) is 0 Å². The van der Waals surface area contributed by atoms with Crippen molar-refractivity contribution < 1.29 is 9.55 Å². The third kappa shape index (κ3) is 3.07. The number of nitrogens with zero attached hydrogens (tertiary/aromatic N) is 6. The lowest BCUT2D eigenvalue weighted by molar-refractivity contribution is -0.383. The molecule has 0 bridgehead atoms. The highest BCUT2D eigenvalue weighted by Gasteiger charge is 2.19. The largest absolute Gasteiger partial charge is 0.377 e. The molecular formula is C16H13N7O3. The Morgan fingerprint density at radius 1 is 1.12 bits per heavy atom. The predicted octanol–water partition coefficient (Wildman–Crippen LogP) is 2.38. The summed E-state index contributed by atoms with van der Waals surface area (Å²) in [6.45, 7) is 1.01. The van der Waals surface area contributed by atoms with E-state index in [0.717, 1.165) is 11.3 Å². The maximum Gasteiger partial charge on any atom is 0.300 e. The molecule has 0 fully saturated rings. The normalized spacial score (nSPS) is 10.9. The molecule has 0 atom stereocenters. The van der Waals surface area contributed by atoms with Crippen molar-refractivity contribution in [1.82, 2.24) is 25.3 Å². The Kier molecular flexibility index (Phi) is 3.98. The minimum atomic E-state index is -0.522. The second-order valence-corrected chi connectivity index (χ2v) is 5.60. The van der Waals surface area contributed by atoms with Gasteiger partial charge in [0.25, 0.3) is 0 Å². The van der Waals surface area contributed by atoms with Crippen molar-refractivity contribution in [3.63, 3.8) is 0 Å². The Bertz CT molecular complexity index is 1060. The van der Waals surface area contributed by atoms with E-state index in [9.17, 15) is 10.1 Å². The molecule has 10 nitrogen and oxygen atoms in total. The number of nitrogens with one attached hydrogen (secondary N) is 1. The molecule has 130 valence electrons. The van der Waals surface area contributed by atoms with Gasteiger partial charge in [0.2, 0.25) is 5.52 Å². The number of benzene rings is 2. The number of hydrogen-bond acceptors (Lipinski definition) is 8. The quantitative estimate of drug-likeness (QED) is 0.414. The molecule has 0 aliphatic rings. The Morgan fingerprint density at radius 2 is 1.92 bits per heavy atom. The summed E-state index contributed by atoms with van der Waals surface area (Å²) in [6, 6.07) is 12.9. The van der Waals surface area contributed by atoms with Crippen LogP contribution >= 0.6 is 0 Å². The minimum Gasteiger partial charge on any atom is -0.377 e. The van der Waals surface area contributed by atoms with Crippen LogP contribution in [0.25, 0.3) is 11.0 Å². The summed E-state index contributed by atoms with van der Waals surface area (Å²) >= 11 is 0. The Labute approximate surface area is 146 Å². The van der Waals surface area contributed by atoms with E-state index < -0.39 is 4.92 Å². The lowest BCUT2D eigenvalue weighted by Crippen LogP contribution is -2.01. The van der Waals surface area contributed by atoms with Gasteiger partial charge in [-0.15, -0.1) is 5.10 Å². The van der Waals surface area contributed by atoms with E-state index in [4.69, 9.17) is 0 Å². The highest BCUT2D eigenvalue weighted by molar-refractivity contribution is 5.93. The molecule has 4 rings (SSSR count). The van der Waals surface area contributed by atoms with E-state index in [1.54, 1.807) is 10.7 Å². The molecule has 0 aliphatic heterocycles. The number of nitro benzene ring substituents is 1.